The van der Waals surface area contributed by atoms with E-state index >= 15 is 0 Å². The van der Waals surface area contributed by atoms with Crippen molar-refractivity contribution in [3.8, 4) is 55.6 Å². The van der Waals surface area contributed by atoms with E-state index in [1.54, 1.807) is 4.90 Å². The molecule has 0 saturated carbocycles. The summed E-state index contributed by atoms with van der Waals surface area (Å²) < 4.78 is 116. The maximum atomic E-state index is 9.61. The zero-order chi connectivity index (χ0) is 49.0. The van der Waals surface area contributed by atoms with Crippen LogP contribution < -0.4 is 4.90 Å². The molecule has 0 aliphatic heterocycles. The monoisotopic (exact) mass is 728 g/mol. The fraction of sp³-hybridized carbons (Fsp3) is 0.0545. The summed E-state index contributed by atoms with van der Waals surface area (Å²) in [7, 11) is 0. The van der Waals surface area contributed by atoms with E-state index in [1.807, 2.05) is 78.9 Å². The first kappa shape index (κ1) is 22.4. The van der Waals surface area contributed by atoms with E-state index in [0.717, 1.165) is 55.3 Å². The molecule has 0 radical (unpaired) electrons. The maximum absolute atomic E-state index is 9.61. The number of hydrogen-bond donors (Lipinski definition) is 0. The number of nitrogens with zero attached hydrogens (tertiary/aromatic N) is 1. The average molecular weight is 729 g/mol. The van der Waals surface area contributed by atoms with Crippen molar-refractivity contribution in [2.75, 3.05) is 4.90 Å². The minimum atomic E-state index is -0.767. The largest absolute Gasteiger partial charge is 0.310 e. The summed E-state index contributed by atoms with van der Waals surface area (Å²) in [6, 6.07) is 35.7. The highest BCUT2D eigenvalue weighted by Gasteiger charge is 2.35. The van der Waals surface area contributed by atoms with Gasteiger partial charge in [0.1, 0.15) is 0 Å². The Bertz CT molecular complexity index is 3550. The van der Waals surface area contributed by atoms with Crippen LogP contribution >= 0.6 is 0 Å². The Morgan fingerprint density at radius 3 is 1.64 bits per heavy atom. The van der Waals surface area contributed by atoms with Crippen LogP contribution in [-0.4, -0.2) is 0 Å². The van der Waals surface area contributed by atoms with E-state index in [9.17, 15) is 5.48 Å². The van der Waals surface area contributed by atoms with E-state index in [-0.39, 0.29) is 5.69 Å². The Morgan fingerprint density at radius 2 is 0.911 bits per heavy atom. The molecular weight excluding hydrogens is 675 g/mol. The van der Waals surface area contributed by atoms with Gasteiger partial charge in [0, 0.05) is 22.5 Å². The molecular formula is C55H41N. The third-order valence-corrected chi connectivity index (χ3v) is 10.7. The fourth-order valence-electron chi connectivity index (χ4n) is 7.77. The summed E-state index contributed by atoms with van der Waals surface area (Å²) in [4.78, 5) is 1.68. The first-order chi connectivity index (χ1) is 32.9. The molecule has 1 nitrogen and oxygen atoms in total. The molecule has 266 valence electrons. The molecule has 0 saturated heterocycles. The van der Waals surface area contributed by atoms with Gasteiger partial charge in [-0.15, -0.1) is 0 Å². The number of rotatable bonds is 7. The second-order valence-electron chi connectivity index (χ2n) is 14.4. The molecule has 0 aromatic heterocycles. The van der Waals surface area contributed by atoms with E-state index < -0.39 is 106 Å². The molecule has 56 heavy (non-hydrogen) atoms. The Hall–Kier alpha value is -6.96. The van der Waals surface area contributed by atoms with Crippen LogP contribution in [0.5, 0.6) is 0 Å². The van der Waals surface area contributed by atoms with Crippen LogP contribution in [0, 0.1) is 0 Å². The molecule has 0 heterocycles. The average Bonchev–Trinajstić information content (AvgIpc) is 3.59. The van der Waals surface area contributed by atoms with E-state index in [2.05, 4.69) is 68.4 Å². The summed E-state index contributed by atoms with van der Waals surface area (Å²) in [6.07, 6.45) is 0. The molecule has 9 aromatic carbocycles. The normalized spacial score (nSPS) is 15.9. The van der Waals surface area contributed by atoms with Crippen molar-refractivity contribution in [1.82, 2.24) is 0 Å². The van der Waals surface area contributed by atoms with Gasteiger partial charge < -0.3 is 4.90 Å². The smallest absolute Gasteiger partial charge is 0.0645 e. The molecule has 0 fully saturated rings. The topological polar surface area (TPSA) is 3.24 Å². The van der Waals surface area contributed by atoms with Gasteiger partial charge in [-0.1, -0.05) is 177 Å². The number of fused-ring (bicyclic) bond motifs is 4. The predicted octanol–water partition coefficient (Wildman–Crippen LogP) is 15.3. The molecule has 9 aromatic rings. The number of anilines is 3. The zero-order valence-corrected chi connectivity index (χ0v) is 30.6. The fourth-order valence-corrected chi connectivity index (χ4v) is 7.77. The predicted molar refractivity (Wildman–Crippen MR) is 238 cm³/mol. The Balaban J connectivity index is 1.13. The number of benzene rings is 9. The van der Waals surface area contributed by atoms with Crippen LogP contribution in [0.1, 0.15) is 42.8 Å². The first-order valence-electron chi connectivity index (χ1n) is 24.9. The molecule has 10 rings (SSSR count). The van der Waals surface area contributed by atoms with Crippen molar-refractivity contribution in [3.63, 3.8) is 0 Å². The van der Waals surface area contributed by atoms with Gasteiger partial charge in [0.15, 0.2) is 0 Å². The van der Waals surface area contributed by atoms with Crippen LogP contribution in [0.2, 0.25) is 0 Å². The summed E-state index contributed by atoms with van der Waals surface area (Å²) in [5, 5.41) is 2.29. The van der Waals surface area contributed by atoms with Crippen LogP contribution in [0.4, 0.5) is 17.1 Å². The Kier molecular flexibility index (Phi) is 5.49. The van der Waals surface area contributed by atoms with Gasteiger partial charge in [-0.05, 0) is 126 Å². The van der Waals surface area contributed by atoms with Crippen molar-refractivity contribution in [3.05, 3.63) is 223 Å². The number of hydrogen-bond acceptors (Lipinski definition) is 1. The van der Waals surface area contributed by atoms with Crippen LogP contribution in [0.25, 0.3) is 66.4 Å². The standard InChI is InChI=1S/C55H41N/c1-55(2)53-18-9-8-17-51(53)52-34-33-50(37-54(52)55)56(48-29-25-42(26-30-48)41-21-19-40(20-22-41)38-11-4-3-5-12-38)49-31-27-43(28-32-49)45-15-10-16-46(35-45)47-24-23-39-13-6-7-14-44(39)36-47/h3-37H,1-2H3/i3D,4D,5D,11D,12D,19D,20D,21D,22D,25D,26D,29D,30D. The van der Waals surface area contributed by atoms with Crippen molar-refractivity contribution >= 4 is 27.8 Å². The lowest BCUT2D eigenvalue weighted by Gasteiger charge is -2.28. The lowest BCUT2D eigenvalue weighted by molar-refractivity contribution is 0.660. The minimum absolute atomic E-state index is 0.112. The first-order valence-corrected chi connectivity index (χ1v) is 18.4. The third-order valence-electron chi connectivity index (χ3n) is 10.7. The highest BCUT2D eigenvalue weighted by atomic mass is 15.1. The van der Waals surface area contributed by atoms with Gasteiger partial charge in [-0.2, -0.15) is 0 Å². The lowest BCUT2D eigenvalue weighted by atomic mass is 9.82. The molecule has 0 N–H and O–H groups in total. The maximum Gasteiger partial charge on any atom is 0.0645 e. The van der Waals surface area contributed by atoms with Crippen LogP contribution in [0.15, 0.2) is 212 Å². The van der Waals surface area contributed by atoms with E-state index in [1.165, 1.54) is 0 Å². The van der Waals surface area contributed by atoms with E-state index in [4.69, 9.17) is 12.3 Å². The SMILES string of the molecule is [2H]c1c([2H])c([2H])c(-c2c([2H])c([2H])c(-c3c([2H])c([2H])c(N(c4ccc(-c5cccc(-c6ccc7ccccc7c6)c5)cc4)c4ccc5c(c4)C(C)(C)c4ccccc4-5)c([2H])c3[2H])c([2H])c2[2H])c([2H])c1[2H]. The lowest BCUT2D eigenvalue weighted by Crippen LogP contribution is -2.16. The van der Waals surface area contributed by atoms with Gasteiger partial charge in [0.2, 0.25) is 0 Å². The summed E-state index contributed by atoms with van der Waals surface area (Å²) in [5.74, 6) is 0. The van der Waals surface area contributed by atoms with Crippen molar-refractivity contribution in [2.24, 2.45) is 0 Å². The molecule has 0 unspecified atom stereocenters. The summed E-state index contributed by atoms with van der Waals surface area (Å²) >= 11 is 0. The molecule has 0 atom stereocenters. The van der Waals surface area contributed by atoms with Crippen molar-refractivity contribution < 1.29 is 17.8 Å². The molecule has 1 aliphatic rings. The summed E-state index contributed by atoms with van der Waals surface area (Å²) in [5.41, 5.74) is 6.71. The van der Waals surface area contributed by atoms with Crippen molar-refractivity contribution in [1.29, 1.82) is 0 Å². The van der Waals surface area contributed by atoms with Crippen LogP contribution in [-0.2, 0) is 5.41 Å². The summed E-state index contributed by atoms with van der Waals surface area (Å²) in [6.45, 7) is 4.27. The van der Waals surface area contributed by atoms with E-state index in [0.29, 0.717) is 11.4 Å². The second kappa shape index (κ2) is 13.7. The minimum Gasteiger partial charge on any atom is -0.310 e. The molecule has 0 amide bonds. The van der Waals surface area contributed by atoms with Gasteiger partial charge in [0.25, 0.3) is 0 Å². The van der Waals surface area contributed by atoms with Crippen LogP contribution in [0.3, 0.4) is 0 Å². The highest BCUT2D eigenvalue weighted by molar-refractivity contribution is 5.89. The van der Waals surface area contributed by atoms with Gasteiger partial charge in [-0.3, -0.25) is 0 Å². The molecule has 0 bridgehead atoms. The van der Waals surface area contributed by atoms with Gasteiger partial charge >= 0.3 is 0 Å². The quantitative estimate of drug-likeness (QED) is 0.158. The zero-order valence-electron chi connectivity index (χ0n) is 43.6. The molecule has 1 heteroatoms. The third kappa shape index (κ3) is 5.99. The van der Waals surface area contributed by atoms with Crippen molar-refractivity contribution in [2.45, 2.75) is 19.3 Å². The molecule has 0 spiro atoms. The highest BCUT2D eigenvalue weighted by Crippen LogP contribution is 2.50. The Labute approximate surface area is 348 Å². The second-order valence-corrected chi connectivity index (χ2v) is 14.4. The Morgan fingerprint density at radius 1 is 0.357 bits per heavy atom. The van der Waals surface area contributed by atoms with Gasteiger partial charge in [-0.25, -0.2) is 0 Å². The van der Waals surface area contributed by atoms with Gasteiger partial charge in [0.05, 0.1) is 17.8 Å². The molecule has 1 aliphatic carbocycles.